The Hall–Kier alpha value is -1.83. The molecule has 0 atom stereocenters. The maximum Gasteiger partial charge on any atom is 0.136 e. The third-order valence-electron chi connectivity index (χ3n) is 2.76. The lowest BCUT2D eigenvalue weighted by Gasteiger charge is -2.07. The van der Waals surface area contributed by atoms with E-state index in [0.717, 1.165) is 16.2 Å². The number of hydrogen-bond acceptors (Lipinski definition) is 4. The van der Waals surface area contributed by atoms with Crippen LogP contribution in [0.15, 0.2) is 41.3 Å². The summed E-state index contributed by atoms with van der Waals surface area (Å²) >= 11 is 7.64. The number of nitrogen functional groups attached to an aromatic ring is 1. The monoisotopic (exact) mass is 304 g/mol. The molecular formula is C15H13ClN2OS. The largest absolute Gasteiger partial charge is 0.495 e. The minimum atomic E-state index is 0.539. The zero-order valence-electron chi connectivity index (χ0n) is 10.9. The predicted octanol–water partition coefficient (Wildman–Crippen LogP) is 4.09. The zero-order valence-corrected chi connectivity index (χ0v) is 12.5. The van der Waals surface area contributed by atoms with Crippen LogP contribution in [0.3, 0.4) is 0 Å². The minimum absolute atomic E-state index is 0.539. The molecule has 102 valence electrons. The standard InChI is InChI=1S/C15H13ClN2OS/c1-19-15-6-10(2-3-11(15)8-17)9-20-12-4-5-14(18)13(16)7-12/h2-7H,9,18H2,1H3. The average molecular weight is 305 g/mol. The third-order valence-corrected chi connectivity index (χ3v) is 4.16. The first-order valence-corrected chi connectivity index (χ1v) is 7.25. The number of thioether (sulfide) groups is 1. The van der Waals surface area contributed by atoms with Crippen LogP contribution in [0, 0.1) is 11.3 Å². The number of nitriles is 1. The minimum Gasteiger partial charge on any atom is -0.495 e. The van der Waals surface area contributed by atoms with Crippen molar-refractivity contribution in [1.29, 1.82) is 5.26 Å². The molecule has 0 aliphatic heterocycles. The van der Waals surface area contributed by atoms with Crippen molar-refractivity contribution < 1.29 is 4.74 Å². The Morgan fingerprint density at radius 2 is 2.10 bits per heavy atom. The molecule has 3 nitrogen and oxygen atoms in total. The van der Waals surface area contributed by atoms with Crippen LogP contribution in [-0.4, -0.2) is 7.11 Å². The summed E-state index contributed by atoms with van der Waals surface area (Å²) in [4.78, 5) is 1.05. The number of methoxy groups -OCH3 is 1. The molecule has 0 bridgehead atoms. The number of nitrogens with two attached hydrogens (primary N) is 1. The maximum absolute atomic E-state index is 8.94. The molecule has 0 unspecified atom stereocenters. The zero-order chi connectivity index (χ0) is 14.5. The van der Waals surface area contributed by atoms with Crippen LogP contribution in [0.2, 0.25) is 5.02 Å². The van der Waals surface area contributed by atoms with Gasteiger partial charge in [0.15, 0.2) is 0 Å². The van der Waals surface area contributed by atoms with Crippen molar-refractivity contribution in [2.24, 2.45) is 0 Å². The number of benzene rings is 2. The fourth-order valence-corrected chi connectivity index (χ4v) is 2.81. The molecule has 0 fully saturated rings. The fraction of sp³-hybridized carbons (Fsp3) is 0.133. The molecule has 2 rings (SSSR count). The summed E-state index contributed by atoms with van der Waals surface area (Å²) in [6.45, 7) is 0. The van der Waals surface area contributed by atoms with Gasteiger partial charge in [0, 0.05) is 10.6 Å². The van der Waals surface area contributed by atoms with Crippen LogP contribution >= 0.6 is 23.4 Å². The van der Waals surface area contributed by atoms with Gasteiger partial charge in [-0.2, -0.15) is 5.26 Å². The molecule has 0 saturated carbocycles. The summed E-state index contributed by atoms with van der Waals surface area (Å²) in [6, 6.07) is 13.3. The molecule has 0 aliphatic carbocycles. The summed E-state index contributed by atoms with van der Waals surface area (Å²) in [7, 11) is 1.56. The fourth-order valence-electron chi connectivity index (χ4n) is 1.68. The average Bonchev–Trinajstić information content (AvgIpc) is 2.48. The first-order valence-electron chi connectivity index (χ1n) is 5.89. The normalized spacial score (nSPS) is 10.1. The Bertz CT molecular complexity index is 667. The molecule has 2 N–H and O–H groups in total. The van der Waals surface area contributed by atoms with Gasteiger partial charge < -0.3 is 10.5 Å². The van der Waals surface area contributed by atoms with E-state index in [2.05, 4.69) is 6.07 Å². The van der Waals surface area contributed by atoms with Crippen molar-refractivity contribution in [2.75, 3.05) is 12.8 Å². The van der Waals surface area contributed by atoms with Crippen LogP contribution in [0.4, 0.5) is 5.69 Å². The van der Waals surface area contributed by atoms with Crippen molar-refractivity contribution in [3.05, 3.63) is 52.5 Å². The SMILES string of the molecule is COc1cc(CSc2ccc(N)c(Cl)c2)ccc1C#N. The van der Waals surface area contributed by atoms with Gasteiger partial charge in [0.1, 0.15) is 11.8 Å². The van der Waals surface area contributed by atoms with Gasteiger partial charge in [0.2, 0.25) is 0 Å². The number of halogens is 1. The number of ether oxygens (including phenoxy) is 1. The predicted molar refractivity (Wildman–Crippen MR) is 83.1 cm³/mol. The second-order valence-corrected chi connectivity index (χ2v) is 5.57. The van der Waals surface area contributed by atoms with Gasteiger partial charge >= 0.3 is 0 Å². The van der Waals surface area contributed by atoms with Crippen molar-refractivity contribution >= 4 is 29.1 Å². The van der Waals surface area contributed by atoms with E-state index in [1.54, 1.807) is 31.0 Å². The lowest BCUT2D eigenvalue weighted by molar-refractivity contribution is 0.413. The third kappa shape index (κ3) is 3.38. The van der Waals surface area contributed by atoms with Gasteiger partial charge in [0.05, 0.1) is 23.4 Å². The molecule has 0 spiro atoms. The highest BCUT2D eigenvalue weighted by molar-refractivity contribution is 7.98. The smallest absolute Gasteiger partial charge is 0.136 e. The number of rotatable bonds is 4. The Morgan fingerprint density at radius 1 is 1.30 bits per heavy atom. The van der Waals surface area contributed by atoms with Crippen molar-refractivity contribution in [3.63, 3.8) is 0 Å². The molecule has 0 aliphatic rings. The van der Waals surface area contributed by atoms with Crippen molar-refractivity contribution in [1.82, 2.24) is 0 Å². The van der Waals surface area contributed by atoms with E-state index in [0.29, 0.717) is 22.0 Å². The molecule has 5 heteroatoms. The van der Waals surface area contributed by atoms with Crippen LogP contribution in [0.1, 0.15) is 11.1 Å². The number of hydrogen-bond donors (Lipinski definition) is 1. The van der Waals surface area contributed by atoms with Gasteiger partial charge in [-0.1, -0.05) is 17.7 Å². The lowest BCUT2D eigenvalue weighted by atomic mass is 10.1. The molecule has 0 heterocycles. The lowest BCUT2D eigenvalue weighted by Crippen LogP contribution is -1.90. The summed E-state index contributed by atoms with van der Waals surface area (Å²) in [5, 5.41) is 9.51. The van der Waals surface area contributed by atoms with E-state index in [-0.39, 0.29) is 0 Å². The summed E-state index contributed by atoms with van der Waals surface area (Å²) in [6.07, 6.45) is 0. The first kappa shape index (κ1) is 14.6. The molecule has 0 radical (unpaired) electrons. The van der Waals surface area contributed by atoms with Crippen LogP contribution in [-0.2, 0) is 5.75 Å². The van der Waals surface area contributed by atoms with Crippen LogP contribution in [0.5, 0.6) is 5.75 Å². The van der Waals surface area contributed by atoms with E-state index in [9.17, 15) is 0 Å². The Kier molecular flexibility index (Phi) is 4.78. The molecule has 0 amide bonds. The molecule has 2 aromatic rings. The first-order chi connectivity index (χ1) is 9.63. The number of anilines is 1. The van der Waals surface area contributed by atoms with Crippen LogP contribution < -0.4 is 10.5 Å². The summed E-state index contributed by atoms with van der Waals surface area (Å²) in [5.74, 6) is 1.36. The maximum atomic E-state index is 8.94. The van der Waals surface area contributed by atoms with Gasteiger partial charge in [-0.25, -0.2) is 0 Å². The van der Waals surface area contributed by atoms with E-state index >= 15 is 0 Å². The van der Waals surface area contributed by atoms with Gasteiger partial charge in [-0.3, -0.25) is 0 Å². The summed E-state index contributed by atoms with van der Waals surface area (Å²) < 4.78 is 5.19. The highest BCUT2D eigenvalue weighted by atomic mass is 35.5. The van der Waals surface area contributed by atoms with Gasteiger partial charge in [-0.05, 0) is 35.9 Å². The topological polar surface area (TPSA) is 59.0 Å². The van der Waals surface area contributed by atoms with Gasteiger partial charge in [0.25, 0.3) is 0 Å². The highest BCUT2D eigenvalue weighted by Crippen LogP contribution is 2.30. The highest BCUT2D eigenvalue weighted by Gasteiger charge is 2.05. The van der Waals surface area contributed by atoms with E-state index in [1.807, 2.05) is 24.3 Å². The Labute approximate surface area is 127 Å². The second kappa shape index (κ2) is 6.56. The molecule has 2 aromatic carbocycles. The van der Waals surface area contributed by atoms with Crippen molar-refractivity contribution in [3.8, 4) is 11.8 Å². The van der Waals surface area contributed by atoms with Gasteiger partial charge in [-0.15, -0.1) is 11.8 Å². The second-order valence-electron chi connectivity index (χ2n) is 4.12. The van der Waals surface area contributed by atoms with E-state index in [4.69, 9.17) is 27.3 Å². The van der Waals surface area contributed by atoms with E-state index < -0.39 is 0 Å². The van der Waals surface area contributed by atoms with E-state index in [1.165, 1.54) is 0 Å². The summed E-state index contributed by atoms with van der Waals surface area (Å²) in [5.41, 5.74) is 7.88. The quantitative estimate of drug-likeness (QED) is 0.682. The number of nitrogens with zero attached hydrogens (tertiary/aromatic N) is 1. The molecular weight excluding hydrogens is 292 g/mol. The Balaban J connectivity index is 2.11. The molecule has 0 saturated heterocycles. The molecule has 0 aromatic heterocycles. The molecule has 20 heavy (non-hydrogen) atoms. The van der Waals surface area contributed by atoms with Crippen molar-refractivity contribution in [2.45, 2.75) is 10.6 Å². The van der Waals surface area contributed by atoms with Crippen LogP contribution in [0.25, 0.3) is 0 Å². The Morgan fingerprint density at radius 3 is 2.75 bits per heavy atom.